The fraction of sp³-hybridized carbons (Fsp3) is 0.235. The number of halogens is 1. The van der Waals surface area contributed by atoms with Crippen LogP contribution in [0, 0.1) is 5.92 Å². The van der Waals surface area contributed by atoms with E-state index in [1.165, 1.54) is 6.20 Å². The fourth-order valence-corrected chi connectivity index (χ4v) is 1.90. The molecule has 0 saturated heterocycles. The van der Waals surface area contributed by atoms with Crippen LogP contribution >= 0.6 is 11.6 Å². The predicted molar refractivity (Wildman–Crippen MR) is 93.5 cm³/mol. The van der Waals surface area contributed by atoms with Crippen LogP contribution < -0.4 is 10.6 Å². The minimum absolute atomic E-state index is 0.259. The Hall–Kier alpha value is -2.60. The number of nitrogens with zero attached hydrogens (tertiary/aromatic N) is 1. The van der Waals surface area contributed by atoms with Crippen LogP contribution in [-0.4, -0.2) is 23.6 Å². The van der Waals surface area contributed by atoms with E-state index >= 15 is 0 Å². The van der Waals surface area contributed by atoms with Crippen molar-refractivity contribution in [3.8, 4) is 0 Å². The molecule has 0 unspecified atom stereocenters. The zero-order valence-corrected chi connectivity index (χ0v) is 14.1. The third-order valence-electron chi connectivity index (χ3n) is 2.90. The molecule has 2 amide bonds. The van der Waals surface area contributed by atoms with E-state index in [0.29, 0.717) is 28.7 Å². The summed E-state index contributed by atoms with van der Waals surface area (Å²) in [7, 11) is 0. The van der Waals surface area contributed by atoms with Gasteiger partial charge in [0.25, 0.3) is 5.91 Å². The van der Waals surface area contributed by atoms with Crippen molar-refractivity contribution >= 4 is 35.0 Å². The van der Waals surface area contributed by atoms with Gasteiger partial charge in [0.05, 0.1) is 12.2 Å². The highest BCUT2D eigenvalue weighted by Gasteiger charge is 2.08. The molecule has 0 aliphatic carbocycles. The van der Waals surface area contributed by atoms with Crippen molar-refractivity contribution in [2.45, 2.75) is 13.8 Å². The highest BCUT2D eigenvalue weighted by atomic mass is 35.5. The van der Waals surface area contributed by atoms with E-state index in [1.807, 2.05) is 13.8 Å². The normalized spacial score (nSPS) is 10.3. The van der Waals surface area contributed by atoms with Crippen molar-refractivity contribution in [3.05, 3.63) is 53.3 Å². The third-order valence-corrected chi connectivity index (χ3v) is 3.13. The van der Waals surface area contributed by atoms with Crippen LogP contribution in [0.5, 0.6) is 0 Å². The van der Waals surface area contributed by atoms with Crippen molar-refractivity contribution in [2.24, 2.45) is 5.92 Å². The lowest BCUT2D eigenvalue weighted by molar-refractivity contribution is 0.102. The Balaban J connectivity index is 1.98. The molecule has 0 saturated carbocycles. The molecule has 0 atom stereocenters. The molecule has 0 spiro atoms. The highest BCUT2D eigenvalue weighted by Crippen LogP contribution is 2.16. The zero-order valence-electron chi connectivity index (χ0n) is 13.4. The van der Waals surface area contributed by atoms with Gasteiger partial charge in [0, 0.05) is 17.6 Å². The molecular formula is C17H18ClN3O3. The smallest absolute Gasteiger partial charge is 0.411 e. The number of anilines is 2. The van der Waals surface area contributed by atoms with Gasteiger partial charge in [-0.2, -0.15) is 0 Å². The van der Waals surface area contributed by atoms with Crippen molar-refractivity contribution in [3.63, 3.8) is 0 Å². The molecule has 2 rings (SSSR count). The standard InChI is InChI=1S/C17H18ClN3O3/c1-11(2)10-24-17(23)21-14-5-3-4-13(8-14)20-16(22)12-6-7-15(18)19-9-12/h3-9,11H,10H2,1-2H3,(H,20,22)(H,21,23). The molecule has 0 aliphatic rings. The fourth-order valence-electron chi connectivity index (χ4n) is 1.78. The lowest BCUT2D eigenvalue weighted by atomic mass is 10.2. The van der Waals surface area contributed by atoms with Gasteiger partial charge in [-0.05, 0) is 36.2 Å². The first-order valence-electron chi connectivity index (χ1n) is 7.41. The van der Waals surface area contributed by atoms with Gasteiger partial charge in [0.1, 0.15) is 5.15 Å². The third kappa shape index (κ3) is 5.55. The number of aromatic nitrogens is 1. The highest BCUT2D eigenvalue weighted by molar-refractivity contribution is 6.29. The zero-order chi connectivity index (χ0) is 17.5. The predicted octanol–water partition coefficient (Wildman–Crippen LogP) is 4.19. The second-order valence-corrected chi connectivity index (χ2v) is 5.91. The molecule has 0 fully saturated rings. The number of hydrogen-bond donors (Lipinski definition) is 2. The molecule has 24 heavy (non-hydrogen) atoms. The van der Waals surface area contributed by atoms with Gasteiger partial charge in [0.15, 0.2) is 0 Å². The summed E-state index contributed by atoms with van der Waals surface area (Å²) in [6, 6.07) is 9.89. The second-order valence-electron chi connectivity index (χ2n) is 5.52. The summed E-state index contributed by atoms with van der Waals surface area (Å²) >= 11 is 5.70. The summed E-state index contributed by atoms with van der Waals surface area (Å²) < 4.78 is 5.05. The van der Waals surface area contributed by atoms with Crippen LogP contribution in [0.2, 0.25) is 5.15 Å². The number of rotatable bonds is 5. The Morgan fingerprint density at radius 2 is 1.88 bits per heavy atom. The number of carbonyl (C=O) groups is 2. The summed E-state index contributed by atoms with van der Waals surface area (Å²) in [6.45, 7) is 4.25. The molecule has 1 heterocycles. The average molecular weight is 348 g/mol. The maximum Gasteiger partial charge on any atom is 0.411 e. The van der Waals surface area contributed by atoms with Crippen molar-refractivity contribution in [1.29, 1.82) is 0 Å². The first kappa shape index (κ1) is 17.7. The van der Waals surface area contributed by atoms with E-state index in [-0.39, 0.29) is 11.8 Å². The van der Waals surface area contributed by atoms with Gasteiger partial charge < -0.3 is 10.1 Å². The monoisotopic (exact) mass is 347 g/mol. The lowest BCUT2D eigenvalue weighted by Gasteiger charge is -2.10. The summed E-state index contributed by atoms with van der Waals surface area (Å²) in [6.07, 6.45) is 0.859. The van der Waals surface area contributed by atoms with Crippen LogP contribution in [0.3, 0.4) is 0 Å². The van der Waals surface area contributed by atoms with E-state index in [0.717, 1.165) is 0 Å². The molecular weight excluding hydrogens is 330 g/mol. The van der Waals surface area contributed by atoms with Crippen LogP contribution in [0.25, 0.3) is 0 Å². The van der Waals surface area contributed by atoms with Gasteiger partial charge in [-0.25, -0.2) is 9.78 Å². The van der Waals surface area contributed by atoms with Crippen molar-refractivity contribution in [2.75, 3.05) is 17.2 Å². The SMILES string of the molecule is CC(C)COC(=O)Nc1cccc(NC(=O)c2ccc(Cl)nc2)c1. The summed E-state index contributed by atoms with van der Waals surface area (Å²) in [4.78, 5) is 27.7. The number of carbonyl (C=O) groups excluding carboxylic acids is 2. The maximum atomic E-state index is 12.1. The quantitative estimate of drug-likeness (QED) is 0.794. The molecule has 126 valence electrons. The van der Waals surface area contributed by atoms with Crippen LogP contribution in [-0.2, 0) is 4.74 Å². The average Bonchev–Trinajstić information content (AvgIpc) is 2.54. The largest absolute Gasteiger partial charge is 0.449 e. The van der Waals surface area contributed by atoms with E-state index in [2.05, 4.69) is 15.6 Å². The maximum absolute atomic E-state index is 12.1. The van der Waals surface area contributed by atoms with E-state index in [9.17, 15) is 9.59 Å². The van der Waals surface area contributed by atoms with Gasteiger partial charge in [-0.1, -0.05) is 31.5 Å². The minimum Gasteiger partial charge on any atom is -0.449 e. The Morgan fingerprint density at radius 1 is 1.17 bits per heavy atom. The number of nitrogens with one attached hydrogen (secondary N) is 2. The Kier molecular flexibility index (Phi) is 6.14. The van der Waals surface area contributed by atoms with Crippen LogP contribution in [0.4, 0.5) is 16.2 Å². The van der Waals surface area contributed by atoms with Gasteiger partial charge in [-0.15, -0.1) is 0 Å². The van der Waals surface area contributed by atoms with Gasteiger partial charge in [0.2, 0.25) is 0 Å². The molecule has 6 nitrogen and oxygen atoms in total. The second kappa shape index (κ2) is 8.31. The number of pyridine rings is 1. The molecule has 2 N–H and O–H groups in total. The Bertz CT molecular complexity index is 717. The number of amides is 2. The lowest BCUT2D eigenvalue weighted by Crippen LogP contribution is -2.17. The Morgan fingerprint density at radius 3 is 2.50 bits per heavy atom. The van der Waals surface area contributed by atoms with E-state index in [1.54, 1.807) is 36.4 Å². The van der Waals surface area contributed by atoms with E-state index < -0.39 is 6.09 Å². The molecule has 7 heteroatoms. The van der Waals surface area contributed by atoms with Crippen LogP contribution in [0.1, 0.15) is 24.2 Å². The first-order chi connectivity index (χ1) is 11.4. The molecule has 1 aromatic heterocycles. The molecule has 2 aromatic rings. The molecule has 1 aromatic carbocycles. The number of benzene rings is 1. The first-order valence-corrected chi connectivity index (χ1v) is 7.78. The molecule has 0 bridgehead atoms. The van der Waals surface area contributed by atoms with Crippen molar-refractivity contribution in [1.82, 2.24) is 4.98 Å². The summed E-state index contributed by atoms with van der Waals surface area (Å²) in [5.74, 6) is -0.0620. The summed E-state index contributed by atoms with van der Waals surface area (Å²) in [5.41, 5.74) is 1.45. The number of hydrogen-bond acceptors (Lipinski definition) is 4. The van der Waals surface area contributed by atoms with Crippen LogP contribution in [0.15, 0.2) is 42.6 Å². The molecule has 0 aliphatic heterocycles. The Labute approximate surface area is 145 Å². The minimum atomic E-state index is -0.533. The summed E-state index contributed by atoms with van der Waals surface area (Å²) in [5, 5.41) is 5.66. The van der Waals surface area contributed by atoms with Gasteiger partial charge >= 0.3 is 6.09 Å². The van der Waals surface area contributed by atoms with Gasteiger partial charge in [-0.3, -0.25) is 10.1 Å². The topological polar surface area (TPSA) is 80.3 Å². The van der Waals surface area contributed by atoms with E-state index in [4.69, 9.17) is 16.3 Å². The number of ether oxygens (including phenoxy) is 1. The van der Waals surface area contributed by atoms with Crippen molar-refractivity contribution < 1.29 is 14.3 Å². The molecule has 0 radical (unpaired) electrons.